The molecular weight excluding hydrogens is 364 g/mol. The van der Waals surface area contributed by atoms with E-state index in [1.54, 1.807) is 11.8 Å². The zero-order valence-electron chi connectivity index (χ0n) is 15.0. The second-order valence-corrected chi connectivity index (χ2v) is 6.71. The fourth-order valence-electron chi connectivity index (χ4n) is 1.97. The van der Waals surface area contributed by atoms with E-state index in [-0.39, 0.29) is 0 Å². The average Bonchev–Trinajstić information content (AvgIpc) is 2.62. The molecule has 0 spiro atoms. The van der Waals surface area contributed by atoms with Crippen LogP contribution in [0.2, 0.25) is 0 Å². The molecule has 2 rings (SSSR count). The molecule has 0 aliphatic heterocycles. The van der Waals surface area contributed by atoms with Crippen LogP contribution < -0.4 is 0 Å². The van der Waals surface area contributed by atoms with Crippen molar-refractivity contribution in [2.75, 3.05) is 14.1 Å². The molecule has 140 valence electrons. The van der Waals surface area contributed by atoms with Crippen LogP contribution in [0.3, 0.4) is 0 Å². The lowest BCUT2D eigenvalue weighted by Gasteiger charge is -2.13. The Hall–Kier alpha value is -3.08. The van der Waals surface area contributed by atoms with E-state index in [2.05, 4.69) is 49.3 Å². The van der Waals surface area contributed by atoms with E-state index in [0.29, 0.717) is 17.7 Å². The first kappa shape index (κ1) is 22.0. The van der Waals surface area contributed by atoms with Crippen molar-refractivity contribution in [2.45, 2.75) is 16.3 Å². The summed E-state index contributed by atoms with van der Waals surface area (Å²) in [7, 11) is 4.13. The highest BCUT2D eigenvalue weighted by Crippen LogP contribution is 2.31. The number of hydrogen-bond acceptors (Lipinski definition) is 5. The van der Waals surface area contributed by atoms with Crippen molar-refractivity contribution in [3.63, 3.8) is 0 Å². The zero-order chi connectivity index (χ0) is 20.2. The fraction of sp³-hybridized carbons (Fsp3) is 0.150. The Morgan fingerprint density at radius 2 is 1.70 bits per heavy atom. The SMILES string of the molecule is CN(C)Cc1ccccc1Sc1cccc(C#N)c1.O=C(O)/C=C\C(=O)O. The van der Waals surface area contributed by atoms with Crippen LogP contribution in [0.1, 0.15) is 11.1 Å². The maximum absolute atomic E-state index is 9.55. The van der Waals surface area contributed by atoms with Gasteiger partial charge in [0.05, 0.1) is 11.6 Å². The van der Waals surface area contributed by atoms with Crippen LogP contribution in [0.5, 0.6) is 0 Å². The number of carboxylic acids is 2. The van der Waals surface area contributed by atoms with Gasteiger partial charge < -0.3 is 15.1 Å². The highest BCUT2D eigenvalue weighted by Gasteiger charge is 2.05. The van der Waals surface area contributed by atoms with Crippen LogP contribution in [0.15, 0.2) is 70.5 Å². The minimum atomic E-state index is -1.26. The number of aliphatic carboxylic acids is 2. The van der Waals surface area contributed by atoms with Crippen molar-refractivity contribution < 1.29 is 19.8 Å². The van der Waals surface area contributed by atoms with E-state index in [4.69, 9.17) is 15.5 Å². The molecule has 0 aliphatic carbocycles. The van der Waals surface area contributed by atoms with E-state index < -0.39 is 11.9 Å². The second kappa shape index (κ2) is 11.5. The first-order valence-electron chi connectivity index (χ1n) is 7.86. The third-order valence-corrected chi connectivity index (χ3v) is 4.13. The van der Waals surface area contributed by atoms with Gasteiger partial charge in [0.1, 0.15) is 0 Å². The topological polar surface area (TPSA) is 102 Å². The van der Waals surface area contributed by atoms with Crippen LogP contribution in [0, 0.1) is 11.3 Å². The van der Waals surface area contributed by atoms with Gasteiger partial charge in [0, 0.05) is 28.5 Å². The molecule has 0 fully saturated rings. The average molecular weight is 384 g/mol. The van der Waals surface area contributed by atoms with Gasteiger partial charge in [-0.3, -0.25) is 0 Å². The first-order valence-corrected chi connectivity index (χ1v) is 8.68. The van der Waals surface area contributed by atoms with E-state index >= 15 is 0 Å². The summed E-state index contributed by atoms with van der Waals surface area (Å²) >= 11 is 1.71. The number of hydrogen-bond donors (Lipinski definition) is 2. The van der Waals surface area contributed by atoms with Gasteiger partial charge in [-0.05, 0) is 43.9 Å². The Balaban J connectivity index is 0.000000387. The van der Waals surface area contributed by atoms with Crippen molar-refractivity contribution >= 4 is 23.7 Å². The summed E-state index contributed by atoms with van der Waals surface area (Å²) in [6.07, 6.45) is 1.12. The number of benzene rings is 2. The third-order valence-electron chi connectivity index (χ3n) is 3.02. The summed E-state index contributed by atoms with van der Waals surface area (Å²) in [5.74, 6) is -2.51. The summed E-state index contributed by atoms with van der Waals surface area (Å²) in [6, 6.07) is 18.3. The largest absolute Gasteiger partial charge is 0.478 e. The smallest absolute Gasteiger partial charge is 0.328 e. The monoisotopic (exact) mass is 384 g/mol. The van der Waals surface area contributed by atoms with Gasteiger partial charge in [-0.25, -0.2) is 9.59 Å². The number of rotatable bonds is 6. The van der Waals surface area contributed by atoms with Crippen LogP contribution >= 0.6 is 11.8 Å². The van der Waals surface area contributed by atoms with Crippen molar-refractivity contribution in [1.29, 1.82) is 5.26 Å². The van der Waals surface area contributed by atoms with Crippen LogP contribution in [0.4, 0.5) is 0 Å². The molecule has 2 aromatic carbocycles. The molecule has 6 nitrogen and oxygen atoms in total. The quantitative estimate of drug-likeness (QED) is 0.735. The maximum atomic E-state index is 9.55. The van der Waals surface area contributed by atoms with Crippen molar-refractivity contribution in [3.8, 4) is 6.07 Å². The molecule has 0 saturated carbocycles. The zero-order valence-corrected chi connectivity index (χ0v) is 15.8. The minimum Gasteiger partial charge on any atom is -0.478 e. The molecular formula is C20H20N2O4S. The number of nitriles is 1. The highest BCUT2D eigenvalue weighted by atomic mass is 32.2. The Morgan fingerprint density at radius 1 is 1.07 bits per heavy atom. The van der Waals surface area contributed by atoms with Gasteiger partial charge in [0.2, 0.25) is 0 Å². The predicted molar refractivity (Wildman–Crippen MR) is 104 cm³/mol. The van der Waals surface area contributed by atoms with Crippen molar-refractivity contribution in [3.05, 3.63) is 71.8 Å². The van der Waals surface area contributed by atoms with Gasteiger partial charge in [0.25, 0.3) is 0 Å². The van der Waals surface area contributed by atoms with Crippen molar-refractivity contribution in [2.24, 2.45) is 0 Å². The molecule has 0 amide bonds. The molecule has 0 unspecified atom stereocenters. The summed E-state index contributed by atoms with van der Waals surface area (Å²) in [5.41, 5.74) is 2.01. The second-order valence-electron chi connectivity index (χ2n) is 5.60. The summed E-state index contributed by atoms with van der Waals surface area (Å²) in [4.78, 5) is 23.6. The Bertz CT molecular complexity index is 841. The van der Waals surface area contributed by atoms with Crippen LogP contribution in [-0.2, 0) is 16.1 Å². The number of carboxylic acid groups (broad SMARTS) is 2. The lowest BCUT2D eigenvalue weighted by Crippen LogP contribution is -2.11. The maximum Gasteiger partial charge on any atom is 0.328 e. The van der Waals surface area contributed by atoms with Crippen LogP contribution in [0.25, 0.3) is 0 Å². The molecule has 0 saturated heterocycles. The molecule has 2 aromatic rings. The Labute approximate surface area is 162 Å². The van der Waals surface area contributed by atoms with Crippen molar-refractivity contribution in [1.82, 2.24) is 4.90 Å². The van der Waals surface area contributed by atoms with E-state index in [9.17, 15) is 9.59 Å². The standard InChI is InChI=1S/C16H16N2S.C4H4O4/c1-18(2)12-14-7-3-4-9-16(14)19-15-8-5-6-13(10-15)11-17;5-3(6)1-2-4(7)8/h3-10H,12H2,1-2H3;1-2H,(H,5,6)(H,7,8)/b;2-1-. The normalized spacial score (nSPS) is 10.1. The predicted octanol–water partition coefficient (Wildman–Crippen LogP) is 3.48. The fourth-order valence-corrected chi connectivity index (χ4v) is 2.97. The Morgan fingerprint density at radius 3 is 2.26 bits per heavy atom. The first-order chi connectivity index (χ1) is 12.8. The van der Waals surface area contributed by atoms with Gasteiger partial charge in [0.15, 0.2) is 0 Å². The lowest BCUT2D eigenvalue weighted by atomic mass is 10.2. The molecule has 0 heterocycles. The summed E-state index contributed by atoms with van der Waals surface area (Å²) in [5, 5.41) is 24.6. The summed E-state index contributed by atoms with van der Waals surface area (Å²) in [6.45, 7) is 0.918. The Kier molecular flexibility index (Phi) is 9.37. The molecule has 0 aliphatic rings. The van der Waals surface area contributed by atoms with Gasteiger partial charge >= 0.3 is 11.9 Å². The number of nitrogens with zero attached hydrogens (tertiary/aromatic N) is 2. The summed E-state index contributed by atoms with van der Waals surface area (Å²) < 4.78 is 0. The molecule has 27 heavy (non-hydrogen) atoms. The minimum absolute atomic E-state index is 0.558. The molecule has 0 atom stereocenters. The molecule has 0 bridgehead atoms. The van der Waals surface area contributed by atoms with Gasteiger partial charge in [-0.15, -0.1) is 0 Å². The van der Waals surface area contributed by atoms with Gasteiger partial charge in [-0.1, -0.05) is 36.0 Å². The van der Waals surface area contributed by atoms with E-state index in [1.807, 2.05) is 24.3 Å². The molecule has 0 aromatic heterocycles. The van der Waals surface area contributed by atoms with Gasteiger partial charge in [-0.2, -0.15) is 5.26 Å². The number of carbonyl (C=O) groups is 2. The molecule has 2 N–H and O–H groups in total. The lowest BCUT2D eigenvalue weighted by molar-refractivity contribution is -0.134. The molecule has 7 heteroatoms. The van der Waals surface area contributed by atoms with Crippen LogP contribution in [-0.4, -0.2) is 41.1 Å². The highest BCUT2D eigenvalue weighted by molar-refractivity contribution is 7.99. The third kappa shape index (κ3) is 9.26. The molecule has 0 radical (unpaired) electrons. The van der Waals surface area contributed by atoms with E-state index in [1.165, 1.54) is 10.5 Å². The van der Waals surface area contributed by atoms with E-state index in [0.717, 1.165) is 11.4 Å².